The molecule has 4 aromatic rings. The third-order valence-electron chi connectivity index (χ3n) is 11.3. The lowest BCUT2D eigenvalue weighted by Gasteiger charge is -2.20. The summed E-state index contributed by atoms with van der Waals surface area (Å²) in [6.07, 6.45) is 27.0. The minimum atomic E-state index is 0.0906. The van der Waals surface area contributed by atoms with Crippen molar-refractivity contribution < 1.29 is 9.59 Å². The molecular formula is C46H62Br2O2S4. The normalized spacial score (nSPS) is 12.8. The van der Waals surface area contributed by atoms with Crippen molar-refractivity contribution in [3.63, 3.8) is 0 Å². The van der Waals surface area contributed by atoms with E-state index in [4.69, 9.17) is 0 Å². The zero-order valence-corrected chi connectivity index (χ0v) is 39.7. The van der Waals surface area contributed by atoms with Gasteiger partial charge in [0.15, 0.2) is 11.6 Å². The number of unbranched alkanes of at least 4 members (excludes halogenated alkanes) is 12. The smallest absolute Gasteiger partial charge is 0.197 e. The number of rotatable bonds is 26. The van der Waals surface area contributed by atoms with Gasteiger partial charge in [-0.1, -0.05) is 156 Å². The Morgan fingerprint density at radius 3 is 1.09 bits per heavy atom. The molecule has 0 fully saturated rings. The molecule has 8 heteroatoms. The number of fused-ring (bicyclic) bond motifs is 2. The molecule has 2 nitrogen and oxygen atoms in total. The van der Waals surface area contributed by atoms with Crippen LogP contribution in [0.2, 0.25) is 0 Å². The molecule has 296 valence electrons. The summed E-state index contributed by atoms with van der Waals surface area (Å²) in [6.45, 7) is 9.15. The predicted octanol–water partition coefficient (Wildman–Crippen LogP) is 17.8. The van der Waals surface area contributed by atoms with Gasteiger partial charge in [0.1, 0.15) is 0 Å². The highest BCUT2D eigenvalue weighted by atomic mass is 79.9. The number of halogens is 2. The van der Waals surface area contributed by atoms with Crippen molar-refractivity contribution in [3.05, 3.63) is 63.8 Å². The van der Waals surface area contributed by atoms with Crippen LogP contribution in [0.4, 0.5) is 0 Å². The minimum absolute atomic E-state index is 0.0906. The second-order valence-electron chi connectivity index (χ2n) is 15.6. The van der Waals surface area contributed by atoms with Gasteiger partial charge < -0.3 is 0 Å². The summed E-state index contributed by atoms with van der Waals surface area (Å²) in [4.78, 5) is 37.1. The first-order valence-corrected chi connectivity index (χ1v) is 26.1. The van der Waals surface area contributed by atoms with E-state index < -0.39 is 0 Å². The summed E-state index contributed by atoms with van der Waals surface area (Å²) >= 11 is 14.1. The SMILES string of the molecule is CCCCCCC(CCCCCC)Cc1sc(CC(CCCCCC)CCCCCC)c2c1C(=O)c1c(-c3ccc(Br)s3)sc(-c3ccc(Br)s3)c1C2=O. The van der Waals surface area contributed by atoms with Gasteiger partial charge in [0, 0.05) is 30.6 Å². The summed E-state index contributed by atoms with van der Waals surface area (Å²) in [6, 6.07) is 8.33. The Morgan fingerprint density at radius 2 is 0.796 bits per heavy atom. The number of thiophene rings is 4. The fraction of sp³-hybridized carbons (Fsp3) is 0.609. The van der Waals surface area contributed by atoms with Gasteiger partial charge in [-0.25, -0.2) is 0 Å². The molecular weight excluding hydrogens is 873 g/mol. The molecule has 5 rings (SSSR count). The van der Waals surface area contributed by atoms with Crippen LogP contribution in [0.5, 0.6) is 0 Å². The monoisotopic (exact) mass is 932 g/mol. The van der Waals surface area contributed by atoms with E-state index in [1.54, 1.807) is 34.0 Å². The van der Waals surface area contributed by atoms with Gasteiger partial charge >= 0.3 is 0 Å². The molecule has 0 N–H and O–H groups in total. The average molecular weight is 935 g/mol. The summed E-state index contributed by atoms with van der Waals surface area (Å²) in [5.41, 5.74) is 2.83. The van der Waals surface area contributed by atoms with Crippen LogP contribution in [-0.2, 0) is 12.8 Å². The van der Waals surface area contributed by atoms with Crippen molar-refractivity contribution in [1.29, 1.82) is 0 Å². The van der Waals surface area contributed by atoms with Gasteiger partial charge in [0.2, 0.25) is 0 Å². The molecule has 54 heavy (non-hydrogen) atoms. The lowest BCUT2D eigenvalue weighted by atomic mass is 9.80. The maximum Gasteiger partial charge on any atom is 0.197 e. The fourth-order valence-corrected chi connectivity index (χ4v) is 14.1. The Hall–Kier alpha value is -0.900. The zero-order chi connectivity index (χ0) is 38.5. The van der Waals surface area contributed by atoms with E-state index in [9.17, 15) is 0 Å². The summed E-state index contributed by atoms with van der Waals surface area (Å²) < 4.78 is 2.07. The Bertz CT molecular complexity index is 1630. The van der Waals surface area contributed by atoms with E-state index in [0.717, 1.165) is 51.0 Å². The van der Waals surface area contributed by atoms with Crippen LogP contribution in [0.25, 0.3) is 19.5 Å². The highest BCUT2D eigenvalue weighted by molar-refractivity contribution is 9.11. The summed E-state index contributed by atoms with van der Waals surface area (Å²) in [7, 11) is 0. The van der Waals surface area contributed by atoms with Gasteiger partial charge in [-0.15, -0.1) is 45.3 Å². The van der Waals surface area contributed by atoms with Crippen molar-refractivity contribution in [2.75, 3.05) is 0 Å². The number of hydrogen-bond acceptors (Lipinski definition) is 6. The molecule has 0 atom stereocenters. The molecule has 0 aromatic carbocycles. The lowest BCUT2D eigenvalue weighted by molar-refractivity contribution is 0.0980. The van der Waals surface area contributed by atoms with E-state index >= 15 is 9.59 Å². The quantitative estimate of drug-likeness (QED) is 0.0518. The number of carbonyl (C=O) groups is 2. The predicted molar refractivity (Wildman–Crippen MR) is 247 cm³/mol. The number of hydrogen-bond donors (Lipinski definition) is 0. The van der Waals surface area contributed by atoms with Crippen LogP contribution < -0.4 is 0 Å². The maximum absolute atomic E-state index is 15.3. The van der Waals surface area contributed by atoms with Crippen molar-refractivity contribution in [3.8, 4) is 19.5 Å². The van der Waals surface area contributed by atoms with Crippen LogP contribution in [0.1, 0.15) is 198 Å². The van der Waals surface area contributed by atoms with Gasteiger partial charge in [0.25, 0.3) is 0 Å². The molecule has 0 saturated heterocycles. The van der Waals surface area contributed by atoms with E-state index in [-0.39, 0.29) is 11.6 Å². The molecule has 0 amide bonds. The van der Waals surface area contributed by atoms with Crippen molar-refractivity contribution >= 4 is 88.8 Å². The molecule has 0 spiro atoms. The van der Waals surface area contributed by atoms with Gasteiger partial charge in [0.05, 0.1) is 28.5 Å². The molecule has 4 heterocycles. The largest absolute Gasteiger partial charge is 0.288 e. The molecule has 1 aliphatic carbocycles. The first kappa shape index (κ1) is 44.2. The van der Waals surface area contributed by atoms with Gasteiger partial charge in [-0.2, -0.15) is 0 Å². The standard InChI is InChI=1S/C46H62Br2O2S4/c1-5-9-13-17-21-31(22-18-14-10-6-2)29-35-39-40(36(51-35)30-32(23-19-15-11-7-3)24-20-16-12-8-4)44(50)42-41(43(39)49)45(33-25-27-37(47)52-33)54-46(42)34-26-28-38(48)53-34/h25-28,31-32H,5-24,29-30H2,1-4H3. The third kappa shape index (κ3) is 11.6. The van der Waals surface area contributed by atoms with Crippen molar-refractivity contribution in [2.24, 2.45) is 11.8 Å². The molecule has 0 saturated carbocycles. The van der Waals surface area contributed by atoms with Crippen LogP contribution in [0.15, 0.2) is 31.8 Å². The Labute approximate surface area is 359 Å². The molecule has 0 radical (unpaired) electrons. The molecule has 4 aromatic heterocycles. The molecule has 0 unspecified atom stereocenters. The Balaban J connectivity index is 1.60. The fourth-order valence-electron chi connectivity index (χ4n) is 8.29. The second kappa shape index (κ2) is 22.9. The van der Waals surface area contributed by atoms with E-state index in [2.05, 4.69) is 83.8 Å². The van der Waals surface area contributed by atoms with Crippen LogP contribution in [0.3, 0.4) is 0 Å². The Morgan fingerprint density at radius 1 is 0.444 bits per heavy atom. The highest BCUT2D eigenvalue weighted by Crippen LogP contribution is 2.52. The number of ketones is 2. The van der Waals surface area contributed by atoms with Crippen molar-refractivity contribution in [1.82, 2.24) is 0 Å². The number of carbonyl (C=O) groups excluding carboxylic acids is 2. The van der Waals surface area contributed by atoms with E-state index in [1.807, 2.05) is 11.3 Å². The average Bonchev–Trinajstić information content (AvgIpc) is 3.96. The Kier molecular flexibility index (Phi) is 18.7. The first-order chi connectivity index (χ1) is 26.3. The molecule has 1 aliphatic rings. The lowest BCUT2D eigenvalue weighted by Crippen LogP contribution is -2.22. The molecule has 0 bridgehead atoms. The van der Waals surface area contributed by atoms with E-state index in [0.29, 0.717) is 23.0 Å². The first-order valence-electron chi connectivity index (χ1n) is 21.2. The van der Waals surface area contributed by atoms with Crippen LogP contribution >= 0.6 is 77.2 Å². The topological polar surface area (TPSA) is 34.1 Å². The van der Waals surface area contributed by atoms with Gasteiger partial charge in [-0.3, -0.25) is 9.59 Å². The highest BCUT2D eigenvalue weighted by Gasteiger charge is 2.42. The van der Waals surface area contributed by atoms with E-state index in [1.165, 1.54) is 138 Å². The summed E-state index contributed by atoms with van der Waals surface area (Å²) in [5.74, 6) is 1.28. The van der Waals surface area contributed by atoms with Crippen LogP contribution in [0, 0.1) is 11.8 Å². The summed E-state index contributed by atoms with van der Waals surface area (Å²) in [5, 5.41) is 0. The minimum Gasteiger partial charge on any atom is -0.288 e. The van der Waals surface area contributed by atoms with Gasteiger partial charge in [-0.05, 0) is 80.8 Å². The third-order valence-corrected chi connectivity index (χ3v) is 17.3. The van der Waals surface area contributed by atoms with Crippen LogP contribution in [-0.4, -0.2) is 11.6 Å². The maximum atomic E-state index is 15.3. The zero-order valence-electron chi connectivity index (χ0n) is 33.2. The van der Waals surface area contributed by atoms with Crippen molar-refractivity contribution in [2.45, 2.75) is 169 Å². The second-order valence-corrected chi connectivity index (χ2v) is 22.7. The molecule has 0 aliphatic heterocycles.